The second-order valence-corrected chi connectivity index (χ2v) is 6.93. The van der Waals surface area contributed by atoms with Crippen LogP contribution >= 0.6 is 11.3 Å². The average molecular weight is 376 g/mol. The molecular formula is C19H24N2O4S. The molecule has 0 radical (unpaired) electrons. The van der Waals surface area contributed by atoms with Gasteiger partial charge >= 0.3 is 0 Å². The van der Waals surface area contributed by atoms with Crippen molar-refractivity contribution in [3.05, 3.63) is 46.2 Å². The summed E-state index contributed by atoms with van der Waals surface area (Å²) in [5, 5.41) is 9.61. The SMILES string of the molecule is COc1cc(OC)cc(C(=O)NC(C(=O)NCc2ccsc2)C(C)C)c1. The van der Waals surface area contributed by atoms with Gasteiger partial charge in [-0.15, -0.1) is 0 Å². The molecule has 0 aliphatic carbocycles. The zero-order chi connectivity index (χ0) is 19.1. The molecule has 0 spiro atoms. The van der Waals surface area contributed by atoms with Crippen molar-refractivity contribution in [3.63, 3.8) is 0 Å². The smallest absolute Gasteiger partial charge is 0.252 e. The largest absolute Gasteiger partial charge is 0.497 e. The van der Waals surface area contributed by atoms with Gasteiger partial charge in [0.25, 0.3) is 5.91 Å². The second kappa shape index (κ2) is 9.24. The molecule has 1 unspecified atom stereocenters. The Labute approximate surface area is 157 Å². The molecule has 1 heterocycles. The maximum Gasteiger partial charge on any atom is 0.252 e. The number of nitrogens with one attached hydrogen (secondary N) is 2. The molecule has 0 bridgehead atoms. The van der Waals surface area contributed by atoms with E-state index in [0.29, 0.717) is 23.6 Å². The maximum atomic E-state index is 12.6. The Bertz CT molecular complexity index is 722. The molecule has 0 saturated heterocycles. The van der Waals surface area contributed by atoms with Gasteiger partial charge in [-0.2, -0.15) is 11.3 Å². The molecule has 1 aromatic heterocycles. The Hall–Kier alpha value is -2.54. The lowest BCUT2D eigenvalue weighted by atomic mass is 10.0. The molecule has 2 rings (SSSR count). The Morgan fingerprint density at radius 2 is 1.77 bits per heavy atom. The van der Waals surface area contributed by atoms with E-state index in [1.165, 1.54) is 14.2 Å². The molecule has 140 valence electrons. The van der Waals surface area contributed by atoms with Gasteiger partial charge in [0.05, 0.1) is 14.2 Å². The van der Waals surface area contributed by atoms with Crippen molar-refractivity contribution in [2.45, 2.75) is 26.4 Å². The molecule has 2 amide bonds. The zero-order valence-electron chi connectivity index (χ0n) is 15.4. The number of thiophene rings is 1. The van der Waals surface area contributed by atoms with Crippen LogP contribution < -0.4 is 20.1 Å². The van der Waals surface area contributed by atoms with Crippen LogP contribution in [0.2, 0.25) is 0 Å². The van der Waals surface area contributed by atoms with Crippen molar-refractivity contribution in [3.8, 4) is 11.5 Å². The number of carbonyl (C=O) groups excluding carboxylic acids is 2. The van der Waals surface area contributed by atoms with Crippen molar-refractivity contribution in [2.24, 2.45) is 5.92 Å². The molecule has 0 fully saturated rings. The molecule has 1 atom stereocenters. The summed E-state index contributed by atoms with van der Waals surface area (Å²) >= 11 is 1.58. The molecule has 7 heteroatoms. The van der Waals surface area contributed by atoms with E-state index in [9.17, 15) is 9.59 Å². The highest BCUT2D eigenvalue weighted by molar-refractivity contribution is 7.07. The van der Waals surface area contributed by atoms with Gasteiger partial charge in [-0.05, 0) is 40.4 Å². The fourth-order valence-corrected chi connectivity index (χ4v) is 3.06. The summed E-state index contributed by atoms with van der Waals surface area (Å²) in [6.07, 6.45) is 0. The molecule has 0 saturated carbocycles. The van der Waals surface area contributed by atoms with Crippen LogP contribution in [-0.2, 0) is 11.3 Å². The lowest BCUT2D eigenvalue weighted by Crippen LogP contribution is -2.49. The van der Waals surface area contributed by atoms with Crippen LogP contribution in [0.15, 0.2) is 35.0 Å². The predicted molar refractivity (Wildman–Crippen MR) is 102 cm³/mol. The van der Waals surface area contributed by atoms with Gasteiger partial charge in [-0.1, -0.05) is 13.8 Å². The first-order valence-corrected chi connectivity index (χ1v) is 9.21. The number of methoxy groups -OCH3 is 2. The van der Waals surface area contributed by atoms with Gasteiger partial charge in [-0.3, -0.25) is 9.59 Å². The van der Waals surface area contributed by atoms with Crippen molar-refractivity contribution >= 4 is 23.2 Å². The monoisotopic (exact) mass is 376 g/mol. The summed E-state index contributed by atoms with van der Waals surface area (Å²) in [6.45, 7) is 4.22. The van der Waals surface area contributed by atoms with Crippen LogP contribution in [0.5, 0.6) is 11.5 Å². The number of carbonyl (C=O) groups is 2. The fourth-order valence-electron chi connectivity index (χ4n) is 2.39. The Morgan fingerprint density at radius 1 is 1.12 bits per heavy atom. The second-order valence-electron chi connectivity index (χ2n) is 6.15. The number of rotatable bonds is 8. The van der Waals surface area contributed by atoms with Crippen LogP contribution in [0.3, 0.4) is 0 Å². The number of benzene rings is 1. The fraction of sp³-hybridized carbons (Fsp3) is 0.368. The van der Waals surface area contributed by atoms with Gasteiger partial charge in [0.1, 0.15) is 17.5 Å². The Kier molecular flexibility index (Phi) is 7.03. The highest BCUT2D eigenvalue weighted by Crippen LogP contribution is 2.22. The number of amides is 2. The van der Waals surface area contributed by atoms with E-state index < -0.39 is 6.04 Å². The molecule has 26 heavy (non-hydrogen) atoms. The molecule has 2 N–H and O–H groups in total. The van der Waals surface area contributed by atoms with Crippen molar-refractivity contribution in [1.82, 2.24) is 10.6 Å². The standard InChI is InChI=1S/C19H24N2O4S/c1-12(2)17(19(23)20-10-13-5-6-26-11-13)21-18(22)14-7-15(24-3)9-16(8-14)25-4/h5-9,11-12,17H,10H2,1-4H3,(H,20,23)(H,21,22). The van der Waals surface area contributed by atoms with Crippen LogP contribution in [0.25, 0.3) is 0 Å². The van der Waals surface area contributed by atoms with E-state index in [1.807, 2.05) is 30.7 Å². The molecule has 0 aliphatic rings. The van der Waals surface area contributed by atoms with E-state index >= 15 is 0 Å². The summed E-state index contributed by atoms with van der Waals surface area (Å²) in [5.74, 6) is 0.393. The minimum atomic E-state index is -0.640. The average Bonchev–Trinajstić information content (AvgIpc) is 3.16. The molecule has 0 aliphatic heterocycles. The molecule has 1 aromatic carbocycles. The normalized spacial score (nSPS) is 11.7. The summed E-state index contributed by atoms with van der Waals surface area (Å²) in [5.41, 5.74) is 1.41. The van der Waals surface area contributed by atoms with Gasteiger partial charge < -0.3 is 20.1 Å². The summed E-state index contributed by atoms with van der Waals surface area (Å²) < 4.78 is 10.4. The van der Waals surface area contributed by atoms with E-state index in [1.54, 1.807) is 29.5 Å². The molecule has 2 aromatic rings. The summed E-state index contributed by atoms with van der Waals surface area (Å²) in [6, 6.07) is 6.22. The van der Waals surface area contributed by atoms with E-state index in [4.69, 9.17) is 9.47 Å². The van der Waals surface area contributed by atoms with Crippen molar-refractivity contribution in [2.75, 3.05) is 14.2 Å². The lowest BCUT2D eigenvalue weighted by Gasteiger charge is -2.22. The first kappa shape index (κ1) is 19.8. The first-order chi connectivity index (χ1) is 12.4. The third-order valence-corrected chi connectivity index (χ3v) is 4.63. The minimum absolute atomic E-state index is 0.0612. The quantitative estimate of drug-likeness (QED) is 0.743. The maximum absolute atomic E-state index is 12.6. The van der Waals surface area contributed by atoms with Gasteiger partial charge in [-0.25, -0.2) is 0 Å². The minimum Gasteiger partial charge on any atom is -0.497 e. The van der Waals surface area contributed by atoms with Gasteiger partial charge in [0, 0.05) is 18.2 Å². The van der Waals surface area contributed by atoms with E-state index in [0.717, 1.165) is 5.56 Å². The van der Waals surface area contributed by atoms with Crippen molar-refractivity contribution < 1.29 is 19.1 Å². The van der Waals surface area contributed by atoms with Crippen LogP contribution in [-0.4, -0.2) is 32.1 Å². The summed E-state index contributed by atoms with van der Waals surface area (Å²) in [7, 11) is 3.04. The third-order valence-electron chi connectivity index (χ3n) is 3.90. The van der Waals surface area contributed by atoms with E-state index in [-0.39, 0.29) is 17.7 Å². The number of hydrogen-bond donors (Lipinski definition) is 2. The van der Waals surface area contributed by atoms with E-state index in [2.05, 4.69) is 10.6 Å². The van der Waals surface area contributed by atoms with Crippen LogP contribution in [0.4, 0.5) is 0 Å². The van der Waals surface area contributed by atoms with Crippen LogP contribution in [0, 0.1) is 5.92 Å². The Morgan fingerprint density at radius 3 is 2.27 bits per heavy atom. The van der Waals surface area contributed by atoms with Crippen molar-refractivity contribution in [1.29, 1.82) is 0 Å². The zero-order valence-corrected chi connectivity index (χ0v) is 16.2. The lowest BCUT2D eigenvalue weighted by molar-refractivity contribution is -0.124. The highest BCUT2D eigenvalue weighted by atomic mass is 32.1. The summed E-state index contributed by atoms with van der Waals surface area (Å²) in [4.78, 5) is 25.2. The topological polar surface area (TPSA) is 76.7 Å². The molecular weight excluding hydrogens is 352 g/mol. The highest BCUT2D eigenvalue weighted by Gasteiger charge is 2.25. The third kappa shape index (κ3) is 5.23. The van der Waals surface area contributed by atoms with Gasteiger partial charge in [0.2, 0.25) is 5.91 Å². The van der Waals surface area contributed by atoms with Gasteiger partial charge in [0.15, 0.2) is 0 Å². The Balaban J connectivity index is 2.08. The van der Waals surface area contributed by atoms with Crippen LogP contribution in [0.1, 0.15) is 29.8 Å². The number of ether oxygens (including phenoxy) is 2. The predicted octanol–water partition coefficient (Wildman–Crippen LogP) is 2.84. The first-order valence-electron chi connectivity index (χ1n) is 8.27. The number of hydrogen-bond acceptors (Lipinski definition) is 5. The molecule has 6 nitrogen and oxygen atoms in total.